The Morgan fingerprint density at radius 3 is 2.50 bits per heavy atom. The second-order valence-electron chi connectivity index (χ2n) is 7.75. The molecule has 28 heavy (non-hydrogen) atoms. The summed E-state index contributed by atoms with van der Waals surface area (Å²) in [6, 6.07) is 15.1. The lowest BCUT2D eigenvalue weighted by Crippen LogP contribution is -2.46. The summed E-state index contributed by atoms with van der Waals surface area (Å²) < 4.78 is 5.78. The molecule has 2 atom stereocenters. The molecule has 4 rings (SSSR count). The van der Waals surface area contributed by atoms with Gasteiger partial charge in [-0.05, 0) is 55.4 Å². The number of imide groups is 1. The molecule has 5 heteroatoms. The number of rotatable bonds is 4. The average Bonchev–Trinajstić information content (AvgIpc) is 2.97. The maximum absolute atomic E-state index is 13.7. The molecule has 1 N–H and O–H groups in total. The number of carbonyl (C=O) groups excluding carboxylic acids is 2. The van der Waals surface area contributed by atoms with Gasteiger partial charge in [-0.2, -0.15) is 0 Å². The smallest absolute Gasteiger partial charge is 0.325 e. The average molecular weight is 378 g/mol. The van der Waals surface area contributed by atoms with Crippen molar-refractivity contribution in [1.29, 1.82) is 0 Å². The predicted molar refractivity (Wildman–Crippen MR) is 107 cm³/mol. The summed E-state index contributed by atoms with van der Waals surface area (Å²) in [5, 5.41) is 3.02. The first kappa shape index (κ1) is 18.7. The van der Waals surface area contributed by atoms with Crippen molar-refractivity contribution in [2.24, 2.45) is 0 Å². The fourth-order valence-corrected chi connectivity index (χ4v) is 4.12. The third-order valence-corrected chi connectivity index (χ3v) is 5.91. The second kappa shape index (κ2) is 7.40. The van der Waals surface area contributed by atoms with E-state index in [0.29, 0.717) is 13.2 Å². The summed E-state index contributed by atoms with van der Waals surface area (Å²) in [5.74, 6) is -0.235. The minimum Gasteiger partial charge on any atom is -0.376 e. The molecule has 2 aliphatic heterocycles. The van der Waals surface area contributed by atoms with Gasteiger partial charge < -0.3 is 10.1 Å². The Bertz CT molecular complexity index is 890. The number of amides is 3. The van der Waals surface area contributed by atoms with E-state index in [1.807, 2.05) is 62.4 Å². The molecule has 0 spiro atoms. The molecule has 0 saturated carbocycles. The van der Waals surface area contributed by atoms with Crippen molar-refractivity contribution < 1.29 is 14.3 Å². The van der Waals surface area contributed by atoms with Crippen molar-refractivity contribution in [3.05, 3.63) is 70.8 Å². The molecule has 2 heterocycles. The Kier molecular flexibility index (Phi) is 4.94. The Balaban J connectivity index is 1.77. The quantitative estimate of drug-likeness (QED) is 0.826. The number of hydrogen-bond donors (Lipinski definition) is 1. The molecule has 0 bridgehead atoms. The molecule has 2 aromatic rings. The summed E-state index contributed by atoms with van der Waals surface area (Å²) in [4.78, 5) is 27.9. The van der Waals surface area contributed by atoms with E-state index in [1.165, 1.54) is 4.90 Å². The van der Waals surface area contributed by atoms with E-state index in [1.54, 1.807) is 0 Å². The van der Waals surface area contributed by atoms with E-state index in [-0.39, 0.29) is 18.0 Å². The van der Waals surface area contributed by atoms with Crippen molar-refractivity contribution in [2.45, 2.75) is 44.8 Å². The topological polar surface area (TPSA) is 58.6 Å². The van der Waals surface area contributed by atoms with E-state index in [2.05, 4.69) is 5.32 Å². The highest BCUT2D eigenvalue weighted by molar-refractivity contribution is 6.09. The molecule has 0 aromatic heterocycles. The number of benzene rings is 2. The van der Waals surface area contributed by atoms with E-state index in [0.717, 1.165) is 41.5 Å². The summed E-state index contributed by atoms with van der Waals surface area (Å²) in [7, 11) is 0. The molecule has 0 aliphatic carbocycles. The molecule has 146 valence electrons. The highest BCUT2D eigenvalue weighted by Gasteiger charge is 2.54. The van der Waals surface area contributed by atoms with E-state index in [9.17, 15) is 9.59 Å². The van der Waals surface area contributed by atoms with E-state index in [4.69, 9.17) is 4.74 Å². The van der Waals surface area contributed by atoms with Crippen LogP contribution in [0.4, 0.5) is 4.79 Å². The lowest BCUT2D eigenvalue weighted by molar-refractivity contribution is -0.132. The maximum atomic E-state index is 13.7. The van der Waals surface area contributed by atoms with Crippen molar-refractivity contribution in [3.63, 3.8) is 0 Å². The standard InChI is InChI=1S/C23H26N2O3/c1-16-11-12-19(14-17(16)2)23(18-8-4-3-5-9-18)21(26)25(22(27)24-23)15-20-10-6-7-13-28-20/h3-5,8-9,11-12,14,20H,6-7,10,13,15H2,1-2H3,(H,24,27). The Hall–Kier alpha value is -2.66. The van der Waals surface area contributed by atoms with Gasteiger partial charge in [0, 0.05) is 6.61 Å². The van der Waals surface area contributed by atoms with Crippen LogP contribution in [0.5, 0.6) is 0 Å². The number of carbonyl (C=O) groups is 2. The van der Waals surface area contributed by atoms with Gasteiger partial charge in [-0.15, -0.1) is 0 Å². The monoisotopic (exact) mass is 378 g/mol. The highest BCUT2D eigenvalue weighted by Crippen LogP contribution is 2.37. The van der Waals surface area contributed by atoms with Gasteiger partial charge in [0.15, 0.2) is 5.54 Å². The lowest BCUT2D eigenvalue weighted by atomic mass is 9.81. The zero-order chi connectivity index (χ0) is 19.7. The van der Waals surface area contributed by atoms with E-state index < -0.39 is 5.54 Å². The predicted octanol–water partition coefficient (Wildman–Crippen LogP) is 3.67. The van der Waals surface area contributed by atoms with Crippen LogP contribution in [-0.4, -0.2) is 36.1 Å². The van der Waals surface area contributed by atoms with Crippen LogP contribution in [0.25, 0.3) is 0 Å². The maximum Gasteiger partial charge on any atom is 0.325 e. The van der Waals surface area contributed by atoms with E-state index >= 15 is 0 Å². The van der Waals surface area contributed by atoms with Crippen molar-refractivity contribution in [3.8, 4) is 0 Å². The normalized spacial score (nSPS) is 25.1. The van der Waals surface area contributed by atoms with Crippen LogP contribution in [0.1, 0.15) is 41.5 Å². The first-order valence-electron chi connectivity index (χ1n) is 9.91. The number of aryl methyl sites for hydroxylation is 2. The van der Waals surface area contributed by atoms with Crippen LogP contribution in [0, 0.1) is 13.8 Å². The largest absolute Gasteiger partial charge is 0.376 e. The Labute approximate surface area is 165 Å². The first-order chi connectivity index (χ1) is 13.5. The molecule has 2 aliphatic rings. The second-order valence-corrected chi connectivity index (χ2v) is 7.75. The minimum atomic E-state index is -1.20. The zero-order valence-corrected chi connectivity index (χ0v) is 16.4. The molecule has 2 saturated heterocycles. The zero-order valence-electron chi connectivity index (χ0n) is 16.4. The van der Waals surface area contributed by atoms with Gasteiger partial charge in [0.25, 0.3) is 5.91 Å². The lowest BCUT2D eigenvalue weighted by Gasteiger charge is -2.30. The van der Waals surface area contributed by atoms with Gasteiger partial charge in [0.05, 0.1) is 12.6 Å². The summed E-state index contributed by atoms with van der Waals surface area (Å²) in [6.07, 6.45) is 2.89. The molecule has 3 amide bonds. The van der Waals surface area contributed by atoms with Crippen molar-refractivity contribution in [1.82, 2.24) is 10.2 Å². The number of nitrogens with one attached hydrogen (secondary N) is 1. The van der Waals surface area contributed by atoms with Crippen LogP contribution >= 0.6 is 0 Å². The summed E-state index contributed by atoms with van der Waals surface area (Å²) in [5.41, 5.74) is 2.59. The molecule has 0 radical (unpaired) electrons. The van der Waals surface area contributed by atoms with Gasteiger partial charge in [-0.1, -0.05) is 48.5 Å². The number of nitrogens with zero attached hydrogens (tertiary/aromatic N) is 1. The van der Waals surface area contributed by atoms with Crippen LogP contribution in [0.2, 0.25) is 0 Å². The van der Waals surface area contributed by atoms with Crippen molar-refractivity contribution in [2.75, 3.05) is 13.2 Å². The summed E-state index contributed by atoms with van der Waals surface area (Å²) >= 11 is 0. The molecular weight excluding hydrogens is 352 g/mol. The van der Waals surface area contributed by atoms with Crippen molar-refractivity contribution >= 4 is 11.9 Å². The number of urea groups is 1. The third-order valence-electron chi connectivity index (χ3n) is 5.91. The third kappa shape index (κ3) is 3.10. The molecule has 2 fully saturated rings. The van der Waals surface area contributed by atoms with Crippen LogP contribution in [0.15, 0.2) is 48.5 Å². The van der Waals surface area contributed by atoms with Gasteiger partial charge in [-0.25, -0.2) is 4.79 Å². The fourth-order valence-electron chi connectivity index (χ4n) is 4.12. The highest BCUT2D eigenvalue weighted by atomic mass is 16.5. The SMILES string of the molecule is Cc1ccc(C2(c3ccccc3)NC(=O)N(CC3CCCCO3)C2=O)cc1C. The first-order valence-corrected chi connectivity index (χ1v) is 9.91. The number of hydrogen-bond acceptors (Lipinski definition) is 3. The molecule has 2 unspecified atom stereocenters. The molecule has 2 aromatic carbocycles. The van der Waals surface area contributed by atoms with Gasteiger partial charge >= 0.3 is 6.03 Å². The molecular formula is C23H26N2O3. The Morgan fingerprint density at radius 1 is 1.04 bits per heavy atom. The summed E-state index contributed by atoms with van der Waals surface area (Å²) in [6.45, 7) is 5.04. The van der Waals surface area contributed by atoms with Crippen LogP contribution < -0.4 is 5.32 Å². The Morgan fingerprint density at radius 2 is 1.82 bits per heavy atom. The number of ether oxygens (including phenoxy) is 1. The minimum absolute atomic E-state index is 0.0882. The van der Waals surface area contributed by atoms with Gasteiger partial charge in [-0.3, -0.25) is 9.69 Å². The molecule has 5 nitrogen and oxygen atoms in total. The van der Waals surface area contributed by atoms with Gasteiger partial charge in [0.2, 0.25) is 0 Å². The van der Waals surface area contributed by atoms with Crippen LogP contribution in [-0.2, 0) is 15.1 Å². The van der Waals surface area contributed by atoms with Crippen LogP contribution in [0.3, 0.4) is 0 Å². The fraction of sp³-hybridized carbons (Fsp3) is 0.391. The van der Waals surface area contributed by atoms with Gasteiger partial charge in [0.1, 0.15) is 0 Å².